The van der Waals surface area contributed by atoms with Gasteiger partial charge in [-0.1, -0.05) is 40.5 Å². The lowest BCUT2D eigenvalue weighted by Crippen LogP contribution is -2.47. The molecule has 1 unspecified atom stereocenters. The van der Waals surface area contributed by atoms with E-state index in [9.17, 15) is 4.79 Å². The van der Waals surface area contributed by atoms with Crippen LogP contribution in [0.3, 0.4) is 0 Å². The van der Waals surface area contributed by atoms with Gasteiger partial charge in [-0.2, -0.15) is 0 Å². The maximum Gasteiger partial charge on any atom is 0.323 e. The topological polar surface area (TPSA) is 29.5 Å². The highest BCUT2D eigenvalue weighted by molar-refractivity contribution is 5.75. The van der Waals surface area contributed by atoms with Crippen molar-refractivity contribution >= 4 is 5.97 Å². The van der Waals surface area contributed by atoms with E-state index in [1.807, 2.05) is 0 Å². The van der Waals surface area contributed by atoms with Crippen LogP contribution < -0.4 is 0 Å². The molecule has 0 spiro atoms. The van der Waals surface area contributed by atoms with Crippen LogP contribution in [0.1, 0.15) is 59.8 Å². The molecule has 0 aromatic carbocycles. The van der Waals surface area contributed by atoms with Crippen LogP contribution in [-0.2, 0) is 9.53 Å². The number of methoxy groups -OCH3 is 1. The number of esters is 1. The van der Waals surface area contributed by atoms with Gasteiger partial charge in [0.25, 0.3) is 0 Å². The zero-order valence-electron chi connectivity index (χ0n) is 13.4. The van der Waals surface area contributed by atoms with Gasteiger partial charge in [0.1, 0.15) is 6.04 Å². The summed E-state index contributed by atoms with van der Waals surface area (Å²) in [5.74, 6) is 0.718. The molecule has 1 aliphatic rings. The minimum Gasteiger partial charge on any atom is -0.468 e. The lowest BCUT2D eigenvalue weighted by Gasteiger charge is -2.41. The summed E-state index contributed by atoms with van der Waals surface area (Å²) in [4.78, 5) is 14.3. The summed E-state index contributed by atoms with van der Waals surface area (Å²) in [5.41, 5.74) is 0.385. The highest BCUT2D eigenvalue weighted by atomic mass is 16.5. The number of rotatable bonds is 5. The summed E-state index contributed by atoms with van der Waals surface area (Å²) in [7, 11) is 1.50. The Morgan fingerprint density at radius 1 is 1.32 bits per heavy atom. The van der Waals surface area contributed by atoms with Gasteiger partial charge in [-0.15, -0.1) is 0 Å². The molecular formula is C16H31NO2. The van der Waals surface area contributed by atoms with Gasteiger partial charge in [-0.25, -0.2) is 0 Å². The first-order chi connectivity index (χ1) is 8.90. The van der Waals surface area contributed by atoms with Crippen LogP contribution in [0.5, 0.6) is 0 Å². The summed E-state index contributed by atoms with van der Waals surface area (Å²) in [6.07, 6.45) is 5.56. The Kier molecular flexibility index (Phi) is 6.31. The summed E-state index contributed by atoms with van der Waals surface area (Å²) in [6.45, 7) is 11.2. The molecule has 0 aromatic rings. The van der Waals surface area contributed by atoms with Crippen LogP contribution >= 0.6 is 0 Å². The van der Waals surface area contributed by atoms with Crippen molar-refractivity contribution in [3.63, 3.8) is 0 Å². The van der Waals surface area contributed by atoms with Crippen molar-refractivity contribution in [2.24, 2.45) is 11.3 Å². The van der Waals surface area contributed by atoms with Crippen LogP contribution in [0, 0.1) is 11.3 Å². The average Bonchev–Trinajstić information content (AvgIpc) is 2.38. The SMILES string of the molecule is CCCCC(C(=O)OC)N1CCC(C(C)(C)C)CC1. The standard InChI is InChI=1S/C16H31NO2/c1-6-7-8-14(15(18)19-5)17-11-9-13(10-12-17)16(2,3)4/h13-14H,6-12H2,1-5H3. The molecule has 3 nitrogen and oxygen atoms in total. The molecule has 3 heteroatoms. The second-order valence-electron chi connectivity index (χ2n) is 6.86. The molecule has 0 aliphatic carbocycles. The summed E-state index contributed by atoms with van der Waals surface area (Å²) >= 11 is 0. The summed E-state index contributed by atoms with van der Waals surface area (Å²) < 4.78 is 4.98. The minimum absolute atomic E-state index is 0.0223. The first-order valence-corrected chi connectivity index (χ1v) is 7.72. The third kappa shape index (κ3) is 4.79. The molecule has 1 aliphatic heterocycles. The lowest BCUT2D eigenvalue weighted by atomic mass is 9.75. The van der Waals surface area contributed by atoms with E-state index in [2.05, 4.69) is 32.6 Å². The molecule has 1 heterocycles. The van der Waals surface area contributed by atoms with E-state index < -0.39 is 0 Å². The van der Waals surface area contributed by atoms with Crippen molar-refractivity contribution in [1.82, 2.24) is 4.90 Å². The predicted molar refractivity (Wildman–Crippen MR) is 79.1 cm³/mol. The van der Waals surface area contributed by atoms with Gasteiger partial charge in [-0.05, 0) is 43.7 Å². The summed E-state index contributed by atoms with van der Waals surface area (Å²) in [5, 5.41) is 0. The molecule has 0 N–H and O–H groups in total. The second-order valence-corrected chi connectivity index (χ2v) is 6.86. The number of piperidine rings is 1. The zero-order chi connectivity index (χ0) is 14.5. The molecule has 0 saturated carbocycles. The number of carbonyl (C=O) groups excluding carboxylic acids is 1. The monoisotopic (exact) mass is 269 g/mol. The Hall–Kier alpha value is -0.570. The minimum atomic E-state index is -0.0531. The van der Waals surface area contributed by atoms with E-state index in [1.54, 1.807) is 0 Å². The molecule has 1 rings (SSSR count). The van der Waals surface area contributed by atoms with Gasteiger partial charge >= 0.3 is 5.97 Å². The fraction of sp³-hybridized carbons (Fsp3) is 0.938. The van der Waals surface area contributed by atoms with Crippen molar-refractivity contribution in [1.29, 1.82) is 0 Å². The van der Waals surface area contributed by atoms with E-state index in [4.69, 9.17) is 4.74 Å². The molecule has 1 fully saturated rings. The fourth-order valence-electron chi connectivity index (χ4n) is 3.06. The van der Waals surface area contributed by atoms with Crippen LogP contribution in [0.4, 0.5) is 0 Å². The Morgan fingerprint density at radius 2 is 1.89 bits per heavy atom. The number of likely N-dealkylation sites (tertiary alicyclic amines) is 1. The molecular weight excluding hydrogens is 238 g/mol. The Balaban J connectivity index is 2.56. The van der Waals surface area contributed by atoms with E-state index in [1.165, 1.54) is 20.0 Å². The molecule has 0 bridgehead atoms. The molecule has 0 amide bonds. The quantitative estimate of drug-likeness (QED) is 0.716. The van der Waals surface area contributed by atoms with Gasteiger partial charge in [0, 0.05) is 0 Å². The van der Waals surface area contributed by atoms with Crippen LogP contribution in [0.25, 0.3) is 0 Å². The molecule has 1 atom stereocenters. The van der Waals surface area contributed by atoms with Gasteiger partial charge in [0.2, 0.25) is 0 Å². The molecule has 0 radical (unpaired) electrons. The van der Waals surface area contributed by atoms with E-state index >= 15 is 0 Å². The third-order valence-electron chi connectivity index (χ3n) is 4.50. The second kappa shape index (κ2) is 7.28. The third-order valence-corrected chi connectivity index (χ3v) is 4.50. The number of carbonyl (C=O) groups is 1. The number of nitrogens with zero attached hydrogens (tertiary/aromatic N) is 1. The maximum atomic E-state index is 11.9. The van der Waals surface area contributed by atoms with Crippen molar-refractivity contribution in [2.75, 3.05) is 20.2 Å². The Morgan fingerprint density at radius 3 is 2.32 bits per heavy atom. The van der Waals surface area contributed by atoms with E-state index in [-0.39, 0.29) is 12.0 Å². The molecule has 19 heavy (non-hydrogen) atoms. The molecule has 1 saturated heterocycles. The first-order valence-electron chi connectivity index (χ1n) is 7.72. The van der Waals surface area contributed by atoms with Crippen LogP contribution in [-0.4, -0.2) is 37.1 Å². The van der Waals surface area contributed by atoms with Gasteiger partial charge < -0.3 is 4.74 Å². The van der Waals surface area contributed by atoms with Gasteiger partial charge in [-0.3, -0.25) is 9.69 Å². The van der Waals surface area contributed by atoms with Crippen molar-refractivity contribution in [3.8, 4) is 0 Å². The van der Waals surface area contributed by atoms with Crippen molar-refractivity contribution < 1.29 is 9.53 Å². The Bertz CT molecular complexity index is 275. The molecule has 0 aromatic heterocycles. The molecule has 112 valence electrons. The first kappa shape index (κ1) is 16.5. The number of hydrogen-bond donors (Lipinski definition) is 0. The largest absolute Gasteiger partial charge is 0.468 e. The number of ether oxygens (including phenoxy) is 1. The normalized spacial score (nSPS) is 20.3. The fourth-order valence-corrected chi connectivity index (χ4v) is 3.06. The van der Waals surface area contributed by atoms with Gasteiger partial charge in [0.05, 0.1) is 7.11 Å². The average molecular weight is 269 g/mol. The Labute approximate surface area is 118 Å². The van der Waals surface area contributed by atoms with Crippen molar-refractivity contribution in [3.05, 3.63) is 0 Å². The number of hydrogen-bond acceptors (Lipinski definition) is 3. The van der Waals surface area contributed by atoms with Gasteiger partial charge in [0.15, 0.2) is 0 Å². The smallest absolute Gasteiger partial charge is 0.323 e. The summed E-state index contributed by atoms with van der Waals surface area (Å²) in [6, 6.07) is -0.0223. The number of unbranched alkanes of at least 4 members (excludes halogenated alkanes) is 1. The van der Waals surface area contributed by atoms with Crippen molar-refractivity contribution in [2.45, 2.75) is 65.8 Å². The predicted octanol–water partition coefficient (Wildman–Crippen LogP) is 3.48. The lowest BCUT2D eigenvalue weighted by molar-refractivity contribution is -0.148. The highest BCUT2D eigenvalue weighted by Gasteiger charge is 2.33. The highest BCUT2D eigenvalue weighted by Crippen LogP contribution is 2.35. The maximum absolute atomic E-state index is 11.9. The van der Waals surface area contributed by atoms with Crippen LogP contribution in [0.2, 0.25) is 0 Å². The zero-order valence-corrected chi connectivity index (χ0v) is 13.4. The van der Waals surface area contributed by atoms with Crippen LogP contribution in [0.15, 0.2) is 0 Å². The van der Waals surface area contributed by atoms with E-state index in [0.717, 1.165) is 38.3 Å². The van der Waals surface area contributed by atoms with E-state index in [0.29, 0.717) is 5.41 Å².